The highest BCUT2D eigenvalue weighted by Gasteiger charge is 2.10. The largest absolute Gasteiger partial charge is 0.437 e. The number of hydrogen-bond donors (Lipinski definition) is 0. The number of para-hydroxylation sites is 2. The van der Waals surface area contributed by atoms with Gasteiger partial charge in [-0.15, -0.1) is 0 Å². The maximum atomic E-state index is 5.69. The molecule has 0 bridgehead atoms. The first-order valence-corrected chi connectivity index (χ1v) is 7.85. The van der Waals surface area contributed by atoms with E-state index in [0.29, 0.717) is 5.89 Å². The van der Waals surface area contributed by atoms with E-state index in [1.807, 2.05) is 36.4 Å². The molecule has 4 nitrogen and oxygen atoms in total. The van der Waals surface area contributed by atoms with Crippen LogP contribution in [0.2, 0.25) is 0 Å². The van der Waals surface area contributed by atoms with Crippen molar-refractivity contribution in [3.05, 3.63) is 60.0 Å². The monoisotopic (exact) mass is 306 g/mol. The Morgan fingerprint density at radius 3 is 2.48 bits per heavy atom. The van der Waals surface area contributed by atoms with Gasteiger partial charge in [-0.25, -0.2) is 4.98 Å². The van der Waals surface area contributed by atoms with Gasteiger partial charge in [-0.1, -0.05) is 24.3 Å². The summed E-state index contributed by atoms with van der Waals surface area (Å²) in [6.45, 7) is 3.52. The summed E-state index contributed by atoms with van der Waals surface area (Å²) in [4.78, 5) is 6.79. The molecule has 116 valence electrons. The van der Waals surface area contributed by atoms with Crippen molar-refractivity contribution in [2.45, 2.75) is 0 Å². The Morgan fingerprint density at radius 2 is 1.70 bits per heavy atom. The Hall–Kier alpha value is -2.59. The fourth-order valence-electron chi connectivity index (χ4n) is 2.75. The molecule has 4 rings (SSSR count). The smallest absolute Gasteiger partial charge is 0.220 e. The van der Waals surface area contributed by atoms with Crippen LogP contribution in [0.5, 0.6) is 0 Å². The number of aromatic nitrogens is 1. The summed E-state index contributed by atoms with van der Waals surface area (Å²) in [6, 6.07) is 16.3. The van der Waals surface area contributed by atoms with E-state index in [0.717, 1.165) is 43.0 Å². The summed E-state index contributed by atoms with van der Waals surface area (Å²) in [6.07, 6.45) is 3.93. The zero-order valence-corrected chi connectivity index (χ0v) is 12.8. The minimum atomic E-state index is 0.628. The number of anilines is 1. The molecule has 3 aromatic rings. The Balaban J connectivity index is 1.49. The van der Waals surface area contributed by atoms with Crippen LogP contribution in [0.3, 0.4) is 0 Å². The van der Waals surface area contributed by atoms with Crippen molar-refractivity contribution >= 4 is 28.9 Å². The second-order valence-corrected chi connectivity index (χ2v) is 5.54. The van der Waals surface area contributed by atoms with Gasteiger partial charge >= 0.3 is 0 Å². The van der Waals surface area contributed by atoms with Crippen LogP contribution in [0.15, 0.2) is 52.9 Å². The normalized spacial score (nSPS) is 15.6. The molecule has 4 heteroatoms. The Morgan fingerprint density at radius 1 is 0.913 bits per heavy atom. The molecule has 0 unspecified atom stereocenters. The fraction of sp³-hybridized carbons (Fsp3) is 0.211. The quantitative estimate of drug-likeness (QED) is 0.737. The van der Waals surface area contributed by atoms with Crippen molar-refractivity contribution < 1.29 is 9.15 Å². The van der Waals surface area contributed by atoms with Crippen molar-refractivity contribution in [1.82, 2.24) is 4.98 Å². The zero-order valence-electron chi connectivity index (χ0n) is 12.8. The van der Waals surface area contributed by atoms with Crippen LogP contribution in [0, 0.1) is 0 Å². The lowest BCUT2D eigenvalue weighted by Crippen LogP contribution is -2.36. The topological polar surface area (TPSA) is 38.5 Å². The Labute approximate surface area is 135 Å². The predicted molar refractivity (Wildman–Crippen MR) is 92.4 cm³/mol. The molecule has 0 N–H and O–H groups in total. The van der Waals surface area contributed by atoms with E-state index in [1.165, 1.54) is 5.69 Å². The molecule has 0 radical (unpaired) electrons. The highest BCUT2D eigenvalue weighted by molar-refractivity contribution is 5.76. The first-order valence-electron chi connectivity index (χ1n) is 7.85. The second kappa shape index (κ2) is 6.26. The van der Waals surface area contributed by atoms with Gasteiger partial charge in [-0.05, 0) is 35.9 Å². The molecule has 1 saturated heterocycles. The molecule has 1 fully saturated rings. The molecular weight excluding hydrogens is 288 g/mol. The standard InChI is InChI=1S/C19H18N2O2/c1-2-4-18-17(3-1)20-19(23-18)10-7-15-5-8-16(9-6-15)21-11-13-22-14-12-21/h1-10H,11-14H2/b10-7+. The lowest BCUT2D eigenvalue weighted by molar-refractivity contribution is 0.122. The Bertz CT molecular complexity index is 782. The van der Waals surface area contributed by atoms with Crippen LogP contribution in [-0.2, 0) is 4.74 Å². The van der Waals surface area contributed by atoms with Crippen LogP contribution in [0.4, 0.5) is 5.69 Å². The first-order chi connectivity index (χ1) is 11.4. The summed E-state index contributed by atoms with van der Waals surface area (Å²) < 4.78 is 11.1. The molecule has 0 amide bonds. The summed E-state index contributed by atoms with van der Waals surface area (Å²) in [5.41, 5.74) is 4.07. The van der Waals surface area contributed by atoms with Crippen molar-refractivity contribution in [2.24, 2.45) is 0 Å². The van der Waals surface area contributed by atoms with Crippen molar-refractivity contribution in [1.29, 1.82) is 0 Å². The minimum absolute atomic E-state index is 0.628. The van der Waals surface area contributed by atoms with E-state index in [1.54, 1.807) is 0 Å². The highest BCUT2D eigenvalue weighted by Crippen LogP contribution is 2.19. The average Bonchev–Trinajstić information content (AvgIpc) is 3.04. The second-order valence-electron chi connectivity index (χ2n) is 5.54. The van der Waals surface area contributed by atoms with Gasteiger partial charge in [0.2, 0.25) is 5.89 Å². The number of oxazole rings is 1. The molecule has 0 aliphatic carbocycles. The zero-order chi connectivity index (χ0) is 15.5. The summed E-state index contributed by atoms with van der Waals surface area (Å²) in [5.74, 6) is 0.628. The van der Waals surface area contributed by atoms with Crippen LogP contribution in [0.25, 0.3) is 23.3 Å². The number of hydrogen-bond acceptors (Lipinski definition) is 4. The van der Waals surface area contributed by atoms with Crippen molar-refractivity contribution in [3.63, 3.8) is 0 Å². The summed E-state index contributed by atoms with van der Waals surface area (Å²) >= 11 is 0. The van der Waals surface area contributed by atoms with E-state index >= 15 is 0 Å². The highest BCUT2D eigenvalue weighted by atomic mass is 16.5. The van der Waals surface area contributed by atoms with Gasteiger partial charge in [0.1, 0.15) is 5.52 Å². The fourth-order valence-corrected chi connectivity index (χ4v) is 2.75. The molecule has 2 aromatic carbocycles. The number of fused-ring (bicyclic) bond motifs is 1. The SMILES string of the molecule is C(=C\c1nc2ccccc2o1)/c1ccc(N2CCOCC2)cc1. The van der Waals surface area contributed by atoms with Gasteiger partial charge in [0.15, 0.2) is 5.58 Å². The molecule has 1 aliphatic rings. The molecule has 1 aromatic heterocycles. The van der Waals surface area contributed by atoms with Crippen LogP contribution < -0.4 is 4.90 Å². The maximum absolute atomic E-state index is 5.69. The van der Waals surface area contributed by atoms with Gasteiger partial charge in [-0.3, -0.25) is 0 Å². The number of nitrogens with zero attached hydrogens (tertiary/aromatic N) is 2. The van der Waals surface area contributed by atoms with Gasteiger partial charge in [-0.2, -0.15) is 0 Å². The Kier molecular flexibility index (Phi) is 3.82. The predicted octanol–water partition coefficient (Wildman–Crippen LogP) is 3.83. The molecular formula is C19H18N2O2. The molecule has 0 spiro atoms. The number of ether oxygens (including phenoxy) is 1. The van der Waals surface area contributed by atoms with Crippen LogP contribution >= 0.6 is 0 Å². The summed E-state index contributed by atoms with van der Waals surface area (Å²) in [7, 11) is 0. The van der Waals surface area contributed by atoms with Gasteiger partial charge < -0.3 is 14.1 Å². The third kappa shape index (κ3) is 3.12. The minimum Gasteiger partial charge on any atom is -0.437 e. The van der Waals surface area contributed by atoms with Gasteiger partial charge in [0.25, 0.3) is 0 Å². The van der Waals surface area contributed by atoms with Gasteiger partial charge in [0, 0.05) is 24.9 Å². The van der Waals surface area contributed by atoms with Crippen LogP contribution in [-0.4, -0.2) is 31.3 Å². The molecule has 23 heavy (non-hydrogen) atoms. The third-order valence-corrected chi connectivity index (χ3v) is 4.00. The van der Waals surface area contributed by atoms with Gasteiger partial charge in [0.05, 0.1) is 13.2 Å². The molecule has 2 heterocycles. The van der Waals surface area contributed by atoms with Crippen molar-refractivity contribution in [2.75, 3.05) is 31.2 Å². The van der Waals surface area contributed by atoms with E-state index in [-0.39, 0.29) is 0 Å². The van der Waals surface area contributed by atoms with E-state index < -0.39 is 0 Å². The number of morpholine rings is 1. The van der Waals surface area contributed by atoms with E-state index in [4.69, 9.17) is 9.15 Å². The lowest BCUT2D eigenvalue weighted by atomic mass is 10.1. The molecule has 0 atom stereocenters. The maximum Gasteiger partial charge on any atom is 0.220 e. The van der Waals surface area contributed by atoms with E-state index in [2.05, 4.69) is 34.1 Å². The lowest BCUT2D eigenvalue weighted by Gasteiger charge is -2.28. The summed E-state index contributed by atoms with van der Waals surface area (Å²) in [5, 5.41) is 0. The molecule has 1 aliphatic heterocycles. The average molecular weight is 306 g/mol. The molecule has 0 saturated carbocycles. The first kappa shape index (κ1) is 14.0. The van der Waals surface area contributed by atoms with Crippen LogP contribution in [0.1, 0.15) is 11.5 Å². The number of benzene rings is 2. The van der Waals surface area contributed by atoms with E-state index in [9.17, 15) is 0 Å². The number of rotatable bonds is 3. The van der Waals surface area contributed by atoms with Crippen molar-refractivity contribution in [3.8, 4) is 0 Å². The third-order valence-electron chi connectivity index (χ3n) is 4.00.